The molecule has 1 saturated heterocycles. The number of hydrogen-bond donors (Lipinski definition) is 1. The van der Waals surface area contributed by atoms with Gasteiger partial charge in [0, 0.05) is 18.1 Å². The molecule has 1 amide bonds. The van der Waals surface area contributed by atoms with E-state index in [0.29, 0.717) is 13.0 Å². The highest BCUT2D eigenvalue weighted by Gasteiger charge is 2.42. The molecule has 1 aliphatic heterocycles. The van der Waals surface area contributed by atoms with Crippen molar-refractivity contribution in [2.75, 3.05) is 13.1 Å². The lowest BCUT2D eigenvalue weighted by molar-refractivity contribution is -0.147. The minimum atomic E-state index is -0.960. The normalized spacial score (nSPS) is 22.6. The number of aliphatic carboxylic acids is 1. The molecule has 4 nitrogen and oxygen atoms in total. The highest BCUT2D eigenvalue weighted by atomic mass is 35.5. The van der Waals surface area contributed by atoms with Crippen LogP contribution < -0.4 is 0 Å². The standard InChI is InChI=1S/C13H13ClFNO3/c1-13(12(18)19)4-5-16(7-13)11(17)9-3-2-8(14)6-10(9)15/h2-3,6H,4-5,7H2,1H3,(H,18,19)/t13-/m0/s1. The van der Waals surface area contributed by atoms with Crippen molar-refractivity contribution in [1.82, 2.24) is 4.90 Å². The molecule has 6 heteroatoms. The van der Waals surface area contributed by atoms with E-state index in [0.717, 1.165) is 6.07 Å². The van der Waals surface area contributed by atoms with E-state index in [4.69, 9.17) is 16.7 Å². The van der Waals surface area contributed by atoms with Gasteiger partial charge < -0.3 is 10.0 Å². The molecule has 1 aliphatic rings. The largest absolute Gasteiger partial charge is 0.481 e. The molecule has 0 bridgehead atoms. The number of carbonyl (C=O) groups excluding carboxylic acids is 1. The summed E-state index contributed by atoms with van der Waals surface area (Å²) in [4.78, 5) is 24.6. The van der Waals surface area contributed by atoms with Crippen molar-refractivity contribution >= 4 is 23.5 Å². The van der Waals surface area contributed by atoms with E-state index in [1.165, 1.54) is 17.0 Å². The van der Waals surface area contributed by atoms with Crippen molar-refractivity contribution in [2.24, 2.45) is 5.41 Å². The van der Waals surface area contributed by atoms with Crippen LogP contribution in [0.4, 0.5) is 4.39 Å². The van der Waals surface area contributed by atoms with Crippen molar-refractivity contribution in [3.63, 3.8) is 0 Å². The summed E-state index contributed by atoms with van der Waals surface area (Å²) in [6, 6.07) is 3.82. The Morgan fingerprint density at radius 1 is 1.47 bits per heavy atom. The molecule has 19 heavy (non-hydrogen) atoms. The van der Waals surface area contributed by atoms with E-state index in [1.807, 2.05) is 0 Å². The van der Waals surface area contributed by atoms with Gasteiger partial charge in [-0.25, -0.2) is 4.39 Å². The fraction of sp³-hybridized carbons (Fsp3) is 0.385. The smallest absolute Gasteiger partial charge is 0.311 e. The maximum absolute atomic E-state index is 13.7. The Balaban J connectivity index is 2.20. The van der Waals surface area contributed by atoms with E-state index in [9.17, 15) is 14.0 Å². The maximum atomic E-state index is 13.7. The van der Waals surface area contributed by atoms with Crippen molar-refractivity contribution in [2.45, 2.75) is 13.3 Å². The summed E-state index contributed by atoms with van der Waals surface area (Å²) < 4.78 is 13.7. The minimum absolute atomic E-state index is 0.0842. The molecule has 1 N–H and O–H groups in total. The van der Waals surface area contributed by atoms with Crippen LogP contribution in [0.1, 0.15) is 23.7 Å². The van der Waals surface area contributed by atoms with Gasteiger partial charge in [0.2, 0.25) is 0 Å². The Bertz CT molecular complexity index is 549. The van der Waals surface area contributed by atoms with Crippen LogP contribution in [-0.4, -0.2) is 35.0 Å². The zero-order chi connectivity index (χ0) is 14.2. The third-order valence-electron chi connectivity index (χ3n) is 3.44. The second kappa shape index (κ2) is 4.81. The lowest BCUT2D eigenvalue weighted by Crippen LogP contribution is -2.35. The summed E-state index contributed by atoms with van der Waals surface area (Å²) in [5.41, 5.74) is -1.04. The number of hydrogen-bond acceptors (Lipinski definition) is 2. The second-order valence-electron chi connectivity index (χ2n) is 4.97. The molecule has 0 aliphatic carbocycles. The number of benzene rings is 1. The molecule has 1 heterocycles. The molecular formula is C13H13ClFNO3. The maximum Gasteiger partial charge on any atom is 0.311 e. The first-order chi connectivity index (χ1) is 8.83. The van der Waals surface area contributed by atoms with E-state index in [2.05, 4.69) is 0 Å². The van der Waals surface area contributed by atoms with Gasteiger partial charge in [0.25, 0.3) is 5.91 Å². The number of rotatable bonds is 2. The zero-order valence-corrected chi connectivity index (χ0v) is 11.1. The highest BCUT2D eigenvalue weighted by Crippen LogP contribution is 2.31. The van der Waals surface area contributed by atoms with Gasteiger partial charge in [0.05, 0.1) is 11.0 Å². The number of likely N-dealkylation sites (tertiary alicyclic amines) is 1. The van der Waals surface area contributed by atoms with Gasteiger partial charge in [-0.3, -0.25) is 9.59 Å². The lowest BCUT2D eigenvalue weighted by atomic mass is 9.90. The zero-order valence-electron chi connectivity index (χ0n) is 10.3. The molecule has 0 radical (unpaired) electrons. The van der Waals surface area contributed by atoms with E-state index < -0.39 is 23.1 Å². The fourth-order valence-corrected chi connectivity index (χ4v) is 2.30. The first-order valence-electron chi connectivity index (χ1n) is 5.81. The number of nitrogens with zero attached hydrogens (tertiary/aromatic N) is 1. The van der Waals surface area contributed by atoms with Crippen LogP contribution in [0.5, 0.6) is 0 Å². The highest BCUT2D eigenvalue weighted by molar-refractivity contribution is 6.30. The molecule has 0 saturated carbocycles. The molecule has 0 aromatic heterocycles. The van der Waals surface area contributed by atoms with Gasteiger partial charge in [-0.05, 0) is 31.5 Å². The second-order valence-corrected chi connectivity index (χ2v) is 5.40. The number of carboxylic acids is 1. The predicted octanol–water partition coefficient (Wildman–Crippen LogP) is 2.42. The van der Waals surface area contributed by atoms with E-state index in [-0.39, 0.29) is 17.1 Å². The Labute approximate surface area is 114 Å². The Morgan fingerprint density at radius 2 is 2.16 bits per heavy atom. The van der Waals surface area contributed by atoms with E-state index >= 15 is 0 Å². The van der Waals surface area contributed by atoms with Crippen LogP contribution in [0.25, 0.3) is 0 Å². The average Bonchev–Trinajstić information content (AvgIpc) is 2.73. The molecule has 1 fully saturated rings. The van der Waals surface area contributed by atoms with Crippen LogP contribution in [0.15, 0.2) is 18.2 Å². The van der Waals surface area contributed by atoms with Gasteiger partial charge >= 0.3 is 5.97 Å². The third-order valence-corrected chi connectivity index (χ3v) is 3.67. The van der Waals surface area contributed by atoms with Crippen LogP contribution >= 0.6 is 11.6 Å². The van der Waals surface area contributed by atoms with Crippen LogP contribution in [0.3, 0.4) is 0 Å². The summed E-state index contributed by atoms with van der Waals surface area (Å²) in [5, 5.41) is 9.32. The molecule has 102 valence electrons. The first kappa shape index (κ1) is 13.8. The number of halogens is 2. The Hall–Kier alpha value is -1.62. The molecule has 1 aromatic carbocycles. The number of amides is 1. The summed E-state index contributed by atoms with van der Waals surface area (Å²) in [6.07, 6.45) is 0.364. The van der Waals surface area contributed by atoms with Crippen molar-refractivity contribution in [3.8, 4) is 0 Å². The predicted molar refractivity (Wildman–Crippen MR) is 67.7 cm³/mol. The Kier molecular flexibility index (Phi) is 3.49. The summed E-state index contributed by atoms with van der Waals surface area (Å²) in [7, 11) is 0. The van der Waals surface area contributed by atoms with Crippen molar-refractivity contribution in [1.29, 1.82) is 0 Å². The summed E-state index contributed by atoms with van der Waals surface area (Å²) in [6.45, 7) is 1.98. The average molecular weight is 286 g/mol. The molecule has 0 spiro atoms. The summed E-state index contributed by atoms with van der Waals surface area (Å²) >= 11 is 5.63. The van der Waals surface area contributed by atoms with Crippen LogP contribution in [-0.2, 0) is 4.79 Å². The van der Waals surface area contributed by atoms with Crippen molar-refractivity contribution < 1.29 is 19.1 Å². The Morgan fingerprint density at radius 3 is 2.68 bits per heavy atom. The van der Waals surface area contributed by atoms with Crippen LogP contribution in [0, 0.1) is 11.2 Å². The SMILES string of the molecule is C[C@]1(C(=O)O)CCN(C(=O)c2ccc(Cl)cc2F)C1. The first-order valence-corrected chi connectivity index (χ1v) is 6.19. The summed E-state index contributed by atoms with van der Waals surface area (Å²) in [5.74, 6) is -2.14. The molecule has 0 unspecified atom stereocenters. The fourth-order valence-electron chi connectivity index (χ4n) is 2.14. The monoisotopic (exact) mass is 285 g/mol. The lowest BCUT2D eigenvalue weighted by Gasteiger charge is -2.20. The van der Waals surface area contributed by atoms with Gasteiger partial charge in [0.1, 0.15) is 5.82 Å². The van der Waals surface area contributed by atoms with Crippen LogP contribution in [0.2, 0.25) is 5.02 Å². The molecule has 1 aromatic rings. The third kappa shape index (κ3) is 2.56. The quantitative estimate of drug-likeness (QED) is 0.908. The van der Waals surface area contributed by atoms with Gasteiger partial charge in [0.15, 0.2) is 0 Å². The molecule has 1 atom stereocenters. The van der Waals surface area contributed by atoms with E-state index in [1.54, 1.807) is 6.92 Å². The topological polar surface area (TPSA) is 57.6 Å². The molecule has 2 rings (SSSR count). The number of carbonyl (C=O) groups is 2. The molecular weight excluding hydrogens is 273 g/mol. The van der Waals surface area contributed by atoms with Gasteiger partial charge in [-0.15, -0.1) is 0 Å². The van der Waals surface area contributed by atoms with Gasteiger partial charge in [-0.2, -0.15) is 0 Å². The van der Waals surface area contributed by atoms with Gasteiger partial charge in [-0.1, -0.05) is 11.6 Å². The van der Waals surface area contributed by atoms with Crippen molar-refractivity contribution in [3.05, 3.63) is 34.6 Å². The number of carboxylic acid groups (broad SMARTS) is 1. The minimum Gasteiger partial charge on any atom is -0.481 e.